The van der Waals surface area contributed by atoms with E-state index >= 15 is 0 Å². The van der Waals surface area contributed by atoms with Gasteiger partial charge in [-0.1, -0.05) is 17.3 Å². The van der Waals surface area contributed by atoms with E-state index < -0.39 is 17.2 Å². The summed E-state index contributed by atoms with van der Waals surface area (Å²) >= 11 is 0. The molecule has 158 valence electrons. The minimum Gasteiger partial charge on any atom is -0.497 e. The molecule has 0 atom stereocenters. The Bertz CT molecular complexity index is 1250. The molecule has 2 aromatic carbocycles. The molecule has 0 fully saturated rings. The molecule has 0 aliphatic carbocycles. The van der Waals surface area contributed by atoms with Gasteiger partial charge in [-0.15, -0.1) is 0 Å². The second-order valence-electron chi connectivity index (χ2n) is 7.60. The van der Waals surface area contributed by atoms with Crippen LogP contribution in [0.2, 0.25) is 0 Å². The third kappa shape index (κ3) is 4.50. The molecule has 0 radical (unpaired) electrons. The van der Waals surface area contributed by atoms with Gasteiger partial charge in [0.15, 0.2) is 0 Å². The van der Waals surface area contributed by atoms with Crippen molar-refractivity contribution in [2.45, 2.75) is 25.9 Å². The Morgan fingerprint density at radius 2 is 1.90 bits per heavy atom. The zero-order chi connectivity index (χ0) is 22.0. The van der Waals surface area contributed by atoms with E-state index in [4.69, 9.17) is 18.7 Å². The fourth-order valence-corrected chi connectivity index (χ4v) is 3.26. The van der Waals surface area contributed by atoms with Gasteiger partial charge in [0.25, 0.3) is 0 Å². The van der Waals surface area contributed by atoms with Crippen LogP contribution in [-0.2, 0) is 16.1 Å². The third-order valence-electron chi connectivity index (χ3n) is 4.99. The summed E-state index contributed by atoms with van der Waals surface area (Å²) in [5.41, 5.74) is 1.51. The zero-order valence-corrected chi connectivity index (χ0v) is 17.4. The van der Waals surface area contributed by atoms with Crippen LogP contribution < -0.4 is 15.1 Å². The molecule has 7 heteroatoms. The first-order valence-electron chi connectivity index (χ1n) is 9.70. The standard InChI is InChI=1S/C24H21NO6/c1-24(2)21(25-31-23(27)10-6-15-4-8-18(28-3)9-5-15)13-17-12-16-7-11-22(26)29-19(16)14-20(17)30-24/h4-12,14H,13H2,1-3H3. The van der Waals surface area contributed by atoms with E-state index in [9.17, 15) is 9.59 Å². The molecule has 4 rings (SSSR count). The summed E-state index contributed by atoms with van der Waals surface area (Å²) in [7, 11) is 1.59. The molecule has 0 spiro atoms. The van der Waals surface area contributed by atoms with E-state index in [2.05, 4.69) is 5.16 Å². The quantitative estimate of drug-likeness (QED) is 0.274. The summed E-state index contributed by atoms with van der Waals surface area (Å²) in [6.07, 6.45) is 3.39. The van der Waals surface area contributed by atoms with Crippen LogP contribution in [-0.4, -0.2) is 24.4 Å². The lowest BCUT2D eigenvalue weighted by Crippen LogP contribution is -2.43. The lowest BCUT2D eigenvalue weighted by Gasteiger charge is -2.33. The van der Waals surface area contributed by atoms with Crippen molar-refractivity contribution < 1.29 is 23.5 Å². The van der Waals surface area contributed by atoms with Gasteiger partial charge in [-0.2, -0.15) is 0 Å². The van der Waals surface area contributed by atoms with Gasteiger partial charge in [-0.05, 0) is 49.8 Å². The Morgan fingerprint density at radius 1 is 1.13 bits per heavy atom. The van der Waals surface area contributed by atoms with E-state index in [0.717, 1.165) is 22.3 Å². The normalized spacial score (nSPS) is 16.2. The number of nitrogens with zero attached hydrogens (tertiary/aromatic N) is 1. The summed E-state index contributed by atoms with van der Waals surface area (Å²) in [5.74, 6) is 0.752. The van der Waals surface area contributed by atoms with Gasteiger partial charge in [0.05, 0.1) is 7.11 Å². The molecule has 0 bridgehead atoms. The first kappa shape index (κ1) is 20.4. The number of methoxy groups -OCH3 is 1. The number of benzene rings is 2. The Kier molecular flexibility index (Phi) is 5.33. The summed E-state index contributed by atoms with van der Waals surface area (Å²) in [6.45, 7) is 3.67. The first-order chi connectivity index (χ1) is 14.8. The predicted molar refractivity (Wildman–Crippen MR) is 116 cm³/mol. The molecule has 1 aliphatic heterocycles. The molecule has 0 amide bonds. The number of carbonyl (C=O) groups is 1. The number of carbonyl (C=O) groups excluding carboxylic acids is 1. The van der Waals surface area contributed by atoms with Crippen LogP contribution in [0.5, 0.6) is 11.5 Å². The maximum Gasteiger partial charge on any atom is 0.358 e. The average Bonchev–Trinajstić information content (AvgIpc) is 2.75. The molecule has 0 unspecified atom stereocenters. The molecule has 31 heavy (non-hydrogen) atoms. The molecule has 1 aliphatic rings. The van der Waals surface area contributed by atoms with Gasteiger partial charge in [0.2, 0.25) is 0 Å². The summed E-state index contributed by atoms with van der Waals surface area (Å²) in [4.78, 5) is 28.7. The number of oxime groups is 1. The molecule has 0 N–H and O–H groups in total. The van der Waals surface area contributed by atoms with Gasteiger partial charge < -0.3 is 18.7 Å². The highest BCUT2D eigenvalue weighted by Gasteiger charge is 2.34. The van der Waals surface area contributed by atoms with Crippen molar-refractivity contribution in [1.29, 1.82) is 0 Å². The van der Waals surface area contributed by atoms with Crippen molar-refractivity contribution in [2.75, 3.05) is 7.11 Å². The van der Waals surface area contributed by atoms with Crippen molar-refractivity contribution in [1.82, 2.24) is 0 Å². The molecule has 0 saturated heterocycles. The fourth-order valence-electron chi connectivity index (χ4n) is 3.26. The zero-order valence-electron chi connectivity index (χ0n) is 17.4. The SMILES string of the molecule is COc1ccc(C=CC(=O)ON=C2Cc3cc4ccc(=O)oc4cc3OC2(C)C)cc1. The third-order valence-corrected chi connectivity index (χ3v) is 4.99. The van der Waals surface area contributed by atoms with Crippen LogP contribution in [0.1, 0.15) is 25.0 Å². The van der Waals surface area contributed by atoms with Crippen molar-refractivity contribution in [3.05, 3.63) is 76.2 Å². The number of rotatable bonds is 4. The van der Waals surface area contributed by atoms with Crippen LogP contribution in [0, 0.1) is 0 Å². The Labute approximate surface area is 178 Å². The first-order valence-corrected chi connectivity index (χ1v) is 9.70. The highest BCUT2D eigenvalue weighted by molar-refractivity contribution is 5.97. The number of hydrogen-bond acceptors (Lipinski definition) is 7. The highest BCUT2D eigenvalue weighted by Crippen LogP contribution is 2.34. The predicted octanol–water partition coefficient (Wildman–Crippen LogP) is 4.13. The molecule has 1 aromatic heterocycles. The Balaban J connectivity index is 1.51. The van der Waals surface area contributed by atoms with Crippen LogP contribution >= 0.6 is 0 Å². The van der Waals surface area contributed by atoms with Crippen molar-refractivity contribution >= 4 is 28.7 Å². The van der Waals surface area contributed by atoms with Crippen LogP contribution in [0.15, 0.2) is 69.0 Å². The van der Waals surface area contributed by atoms with E-state index in [1.807, 2.05) is 32.0 Å². The van der Waals surface area contributed by atoms with Gasteiger partial charge in [-0.3, -0.25) is 0 Å². The van der Waals surface area contributed by atoms with E-state index in [1.54, 1.807) is 37.5 Å². The molecular formula is C24H21NO6. The number of ether oxygens (including phenoxy) is 2. The maximum absolute atomic E-state index is 12.1. The minimum atomic E-state index is -0.796. The number of hydrogen-bond donors (Lipinski definition) is 0. The molecular weight excluding hydrogens is 398 g/mol. The van der Waals surface area contributed by atoms with Crippen LogP contribution in [0.4, 0.5) is 0 Å². The van der Waals surface area contributed by atoms with Gasteiger partial charge >= 0.3 is 11.6 Å². The summed E-state index contributed by atoms with van der Waals surface area (Å²) in [6, 6.07) is 13.9. The van der Waals surface area contributed by atoms with Gasteiger partial charge in [0, 0.05) is 35.6 Å². The summed E-state index contributed by atoms with van der Waals surface area (Å²) in [5, 5.41) is 4.84. The molecule has 2 heterocycles. The summed E-state index contributed by atoms with van der Waals surface area (Å²) < 4.78 is 16.4. The molecule has 3 aromatic rings. The van der Waals surface area contributed by atoms with Crippen molar-refractivity contribution in [3.63, 3.8) is 0 Å². The second-order valence-corrected chi connectivity index (χ2v) is 7.60. The van der Waals surface area contributed by atoms with Gasteiger partial charge in [-0.25, -0.2) is 9.59 Å². The van der Waals surface area contributed by atoms with Crippen LogP contribution in [0.25, 0.3) is 17.0 Å². The van der Waals surface area contributed by atoms with E-state index in [-0.39, 0.29) is 0 Å². The smallest absolute Gasteiger partial charge is 0.358 e. The Hall–Kier alpha value is -3.87. The van der Waals surface area contributed by atoms with E-state index in [1.165, 1.54) is 12.1 Å². The fraction of sp³-hybridized carbons (Fsp3) is 0.208. The van der Waals surface area contributed by atoms with Crippen LogP contribution in [0.3, 0.4) is 0 Å². The largest absolute Gasteiger partial charge is 0.497 e. The average molecular weight is 419 g/mol. The monoisotopic (exact) mass is 419 g/mol. The molecule has 0 saturated carbocycles. The maximum atomic E-state index is 12.1. The minimum absolute atomic E-state index is 0.417. The number of fused-ring (bicyclic) bond motifs is 2. The second kappa shape index (κ2) is 8.10. The van der Waals surface area contributed by atoms with E-state index in [0.29, 0.717) is 23.5 Å². The van der Waals surface area contributed by atoms with Gasteiger partial charge in [0.1, 0.15) is 28.4 Å². The topological polar surface area (TPSA) is 87.3 Å². The molecule has 7 nitrogen and oxygen atoms in total. The Morgan fingerprint density at radius 3 is 2.65 bits per heavy atom. The van der Waals surface area contributed by atoms with Crippen molar-refractivity contribution in [2.24, 2.45) is 5.16 Å². The van der Waals surface area contributed by atoms with Crippen molar-refractivity contribution in [3.8, 4) is 11.5 Å². The highest BCUT2D eigenvalue weighted by atomic mass is 16.7. The lowest BCUT2D eigenvalue weighted by molar-refractivity contribution is -0.137. The lowest BCUT2D eigenvalue weighted by atomic mass is 9.91.